The molecule has 30 heavy (non-hydrogen) atoms. The van der Waals surface area contributed by atoms with E-state index in [2.05, 4.69) is 42.6 Å². The minimum Gasteiger partial charge on any atom is -0.358 e. The molecule has 1 atom stereocenters. The molecule has 5 rings (SSSR count). The molecule has 3 heterocycles. The predicted octanol–water partition coefficient (Wildman–Crippen LogP) is 2.87. The van der Waals surface area contributed by atoms with Crippen molar-refractivity contribution in [2.75, 3.05) is 31.1 Å². The van der Waals surface area contributed by atoms with Crippen molar-refractivity contribution in [2.24, 2.45) is 0 Å². The molecule has 1 N–H and O–H groups in total. The maximum Gasteiger partial charge on any atom is 0.215 e. The van der Waals surface area contributed by atoms with Crippen LogP contribution in [0, 0.1) is 5.82 Å². The number of hydrogen-bond acceptors (Lipinski definition) is 5. The van der Waals surface area contributed by atoms with Gasteiger partial charge in [-0.1, -0.05) is 37.5 Å². The molecule has 158 valence electrons. The Morgan fingerprint density at radius 1 is 1.03 bits per heavy atom. The average Bonchev–Trinajstić information content (AvgIpc) is 3.49. The van der Waals surface area contributed by atoms with Crippen LogP contribution in [0.3, 0.4) is 0 Å². The van der Waals surface area contributed by atoms with Crippen molar-refractivity contribution in [3.05, 3.63) is 58.3 Å². The lowest BCUT2D eigenvalue weighted by Gasteiger charge is -2.37. The number of nitrogens with zero attached hydrogens (tertiary/aromatic N) is 5. The summed E-state index contributed by atoms with van der Waals surface area (Å²) in [5, 5.41) is 15.2. The number of tetrazole rings is 1. The molecule has 2 fully saturated rings. The summed E-state index contributed by atoms with van der Waals surface area (Å²) < 4.78 is 16.4. The van der Waals surface area contributed by atoms with E-state index < -0.39 is 0 Å². The molecule has 1 saturated heterocycles. The van der Waals surface area contributed by atoms with Crippen LogP contribution in [0.4, 0.5) is 10.1 Å². The number of thiophene rings is 1. The fourth-order valence-corrected chi connectivity index (χ4v) is 5.85. The molecule has 0 unspecified atom stereocenters. The van der Waals surface area contributed by atoms with E-state index in [-0.39, 0.29) is 11.9 Å². The van der Waals surface area contributed by atoms with Crippen LogP contribution >= 0.6 is 11.3 Å². The van der Waals surface area contributed by atoms with Gasteiger partial charge in [-0.05, 0) is 46.8 Å². The van der Waals surface area contributed by atoms with Gasteiger partial charge in [0.15, 0.2) is 6.04 Å². The molecule has 1 aromatic carbocycles. The minimum absolute atomic E-state index is 0.129. The molecule has 1 saturated carbocycles. The van der Waals surface area contributed by atoms with Crippen molar-refractivity contribution in [3.8, 4) is 0 Å². The fourth-order valence-electron chi connectivity index (χ4n) is 4.97. The molecule has 6 nitrogen and oxygen atoms in total. The average molecular weight is 428 g/mol. The molecule has 1 aliphatic carbocycles. The lowest BCUT2D eigenvalue weighted by atomic mass is 9.95. The van der Waals surface area contributed by atoms with Crippen LogP contribution in [-0.2, 0) is 0 Å². The van der Waals surface area contributed by atoms with Gasteiger partial charge in [0.25, 0.3) is 0 Å². The first-order valence-corrected chi connectivity index (χ1v) is 11.8. The van der Waals surface area contributed by atoms with Gasteiger partial charge in [-0.2, -0.15) is 0 Å². The van der Waals surface area contributed by atoms with Gasteiger partial charge in [-0.25, -0.2) is 9.07 Å². The normalized spacial score (nSPS) is 19.8. The molecule has 0 bridgehead atoms. The monoisotopic (exact) mass is 427 g/mol. The molecular weight excluding hydrogens is 399 g/mol. The van der Waals surface area contributed by atoms with E-state index in [1.54, 1.807) is 23.5 Å². The molecule has 1 aliphatic heterocycles. The van der Waals surface area contributed by atoms with E-state index in [1.165, 1.54) is 29.0 Å². The molecule has 8 heteroatoms. The Balaban J connectivity index is 1.39. The second-order valence-electron chi connectivity index (χ2n) is 8.32. The third-order valence-corrected chi connectivity index (χ3v) is 7.47. The van der Waals surface area contributed by atoms with E-state index in [0.29, 0.717) is 11.7 Å². The number of quaternary nitrogens is 1. The van der Waals surface area contributed by atoms with Gasteiger partial charge < -0.3 is 9.80 Å². The Hall–Kier alpha value is -2.32. The Labute approximate surface area is 180 Å². The van der Waals surface area contributed by atoms with Crippen molar-refractivity contribution >= 4 is 17.0 Å². The standard InChI is InChI=1S/C22H27FN6S/c23-18-9-4-5-10-19(18)27-12-14-28(15-13-27)21(20-11-6-16-30-20)22-24-25-26-29(22)17-7-2-1-3-8-17/h4-6,9-11,16-17,21H,1-3,7-8,12-15H2/p+1/t21-/m1/s1. The zero-order valence-corrected chi connectivity index (χ0v) is 17.9. The number of aromatic nitrogens is 4. The maximum absolute atomic E-state index is 14.3. The van der Waals surface area contributed by atoms with Gasteiger partial charge in [0, 0.05) is 0 Å². The lowest BCUT2D eigenvalue weighted by molar-refractivity contribution is -0.926. The number of halogens is 1. The van der Waals surface area contributed by atoms with Crippen LogP contribution in [0.15, 0.2) is 41.8 Å². The third-order valence-electron chi connectivity index (χ3n) is 6.53. The van der Waals surface area contributed by atoms with Gasteiger partial charge in [0.1, 0.15) is 5.82 Å². The second-order valence-corrected chi connectivity index (χ2v) is 9.30. The predicted molar refractivity (Wildman–Crippen MR) is 115 cm³/mol. The highest BCUT2D eigenvalue weighted by atomic mass is 32.1. The molecule has 3 aromatic rings. The largest absolute Gasteiger partial charge is 0.358 e. The summed E-state index contributed by atoms with van der Waals surface area (Å²) in [6.45, 7) is 3.50. The Morgan fingerprint density at radius 2 is 1.83 bits per heavy atom. The van der Waals surface area contributed by atoms with E-state index in [4.69, 9.17) is 0 Å². The molecule has 2 aliphatic rings. The third kappa shape index (κ3) is 3.86. The smallest absolute Gasteiger partial charge is 0.215 e. The van der Waals surface area contributed by atoms with Crippen molar-refractivity contribution < 1.29 is 9.29 Å². The van der Waals surface area contributed by atoms with Crippen LogP contribution in [-0.4, -0.2) is 46.4 Å². The number of nitrogens with one attached hydrogen (secondary N) is 1. The number of para-hydroxylation sites is 1. The first-order valence-electron chi connectivity index (χ1n) is 11.0. The van der Waals surface area contributed by atoms with Crippen LogP contribution < -0.4 is 9.80 Å². The van der Waals surface area contributed by atoms with E-state index in [1.807, 2.05) is 12.1 Å². The van der Waals surface area contributed by atoms with Gasteiger partial charge in [0.05, 0.1) is 42.8 Å². The van der Waals surface area contributed by atoms with Crippen molar-refractivity contribution in [2.45, 2.75) is 44.2 Å². The molecule has 0 amide bonds. The highest BCUT2D eigenvalue weighted by molar-refractivity contribution is 7.10. The maximum atomic E-state index is 14.3. The minimum atomic E-state index is -0.142. The van der Waals surface area contributed by atoms with Gasteiger partial charge in [-0.15, -0.1) is 16.4 Å². The molecular formula is C22H28FN6S+. The van der Waals surface area contributed by atoms with Gasteiger partial charge in [-0.3, -0.25) is 0 Å². The Morgan fingerprint density at radius 3 is 2.57 bits per heavy atom. The van der Waals surface area contributed by atoms with Crippen LogP contribution in [0.2, 0.25) is 0 Å². The zero-order valence-electron chi connectivity index (χ0n) is 17.1. The number of benzene rings is 1. The number of hydrogen-bond donors (Lipinski definition) is 1. The topological polar surface area (TPSA) is 51.3 Å². The highest BCUT2D eigenvalue weighted by Crippen LogP contribution is 2.31. The number of piperazine rings is 1. The van der Waals surface area contributed by atoms with Crippen LogP contribution in [0.25, 0.3) is 0 Å². The fraction of sp³-hybridized carbons (Fsp3) is 0.500. The van der Waals surface area contributed by atoms with Crippen LogP contribution in [0.1, 0.15) is 54.9 Å². The quantitative estimate of drug-likeness (QED) is 0.680. The van der Waals surface area contributed by atoms with Crippen molar-refractivity contribution in [1.82, 2.24) is 20.2 Å². The van der Waals surface area contributed by atoms with E-state index in [9.17, 15) is 4.39 Å². The van der Waals surface area contributed by atoms with Gasteiger partial charge in [0.2, 0.25) is 5.82 Å². The van der Waals surface area contributed by atoms with E-state index >= 15 is 0 Å². The lowest BCUT2D eigenvalue weighted by Crippen LogP contribution is -3.15. The highest BCUT2D eigenvalue weighted by Gasteiger charge is 2.36. The van der Waals surface area contributed by atoms with Crippen LogP contribution in [0.5, 0.6) is 0 Å². The molecule has 0 radical (unpaired) electrons. The summed E-state index contributed by atoms with van der Waals surface area (Å²) in [4.78, 5) is 4.92. The number of rotatable bonds is 5. The summed E-state index contributed by atoms with van der Waals surface area (Å²) in [7, 11) is 0. The molecule has 2 aromatic heterocycles. The zero-order chi connectivity index (χ0) is 20.3. The molecule has 0 spiro atoms. The first kappa shape index (κ1) is 19.6. The summed E-state index contributed by atoms with van der Waals surface area (Å²) in [6.07, 6.45) is 6.13. The summed E-state index contributed by atoms with van der Waals surface area (Å²) >= 11 is 1.77. The Kier molecular flexibility index (Phi) is 5.77. The van der Waals surface area contributed by atoms with Crippen molar-refractivity contribution in [3.63, 3.8) is 0 Å². The van der Waals surface area contributed by atoms with E-state index in [0.717, 1.165) is 44.8 Å². The SMILES string of the molecule is Fc1ccccc1N1CC[NH+]([C@H](c2cccs2)c2nnnn2C2CCCCC2)CC1. The van der Waals surface area contributed by atoms with Crippen molar-refractivity contribution in [1.29, 1.82) is 0 Å². The first-order chi connectivity index (χ1) is 14.8. The number of anilines is 1. The summed E-state index contributed by atoms with van der Waals surface area (Å²) in [6, 6.07) is 11.9. The summed E-state index contributed by atoms with van der Waals surface area (Å²) in [5.41, 5.74) is 0.705. The second kappa shape index (κ2) is 8.81. The van der Waals surface area contributed by atoms with Gasteiger partial charge >= 0.3 is 0 Å². The summed E-state index contributed by atoms with van der Waals surface area (Å²) in [5.74, 6) is 0.843. The Bertz CT molecular complexity index is 944.